The van der Waals surface area contributed by atoms with E-state index in [1.165, 1.54) is 22.9 Å². The highest BCUT2D eigenvalue weighted by molar-refractivity contribution is 8.00. The third kappa shape index (κ3) is 5.26. The Morgan fingerprint density at radius 1 is 1.10 bits per heavy atom. The van der Waals surface area contributed by atoms with Crippen LogP contribution in [0.5, 0.6) is 0 Å². The minimum atomic E-state index is -0.253. The molecule has 2 aromatic carbocycles. The van der Waals surface area contributed by atoms with Crippen LogP contribution in [-0.4, -0.2) is 32.5 Å². The van der Waals surface area contributed by atoms with Gasteiger partial charge in [-0.15, -0.1) is 10.2 Å². The van der Waals surface area contributed by atoms with Crippen molar-refractivity contribution in [3.63, 3.8) is 0 Å². The van der Waals surface area contributed by atoms with E-state index in [9.17, 15) is 4.79 Å². The smallest absolute Gasteiger partial charge is 0.233 e. The first-order valence-corrected chi connectivity index (χ1v) is 10.8. The molecule has 3 aromatic rings. The molecular formula is C23H28N4OS. The van der Waals surface area contributed by atoms with Gasteiger partial charge in [0.2, 0.25) is 5.91 Å². The molecule has 0 aliphatic heterocycles. The Bertz CT molecular complexity index is 937. The number of aryl methyl sites for hydroxylation is 1. The molecule has 1 heterocycles. The van der Waals surface area contributed by atoms with Crippen LogP contribution < -0.4 is 5.32 Å². The van der Waals surface area contributed by atoms with Gasteiger partial charge in [-0.05, 0) is 25.8 Å². The summed E-state index contributed by atoms with van der Waals surface area (Å²) >= 11 is 1.43. The molecule has 0 radical (unpaired) electrons. The van der Waals surface area contributed by atoms with Crippen LogP contribution in [0.2, 0.25) is 0 Å². The van der Waals surface area contributed by atoms with Crippen LogP contribution in [0.15, 0.2) is 59.8 Å². The standard InChI is InChI=1S/C23H28N4OS/c1-5-18(19-9-7-6-8-10-19)15-24-22(28)17(3)29-23-26-25-21(27(23)4)20-13-11-16(2)12-14-20/h6-14,17-18H,5,15H2,1-4H3,(H,24,28). The first-order chi connectivity index (χ1) is 14.0. The van der Waals surface area contributed by atoms with Crippen molar-refractivity contribution in [3.05, 3.63) is 65.7 Å². The summed E-state index contributed by atoms with van der Waals surface area (Å²) in [5, 5.41) is 12.2. The minimum absolute atomic E-state index is 0.0178. The monoisotopic (exact) mass is 408 g/mol. The van der Waals surface area contributed by atoms with Gasteiger partial charge in [-0.2, -0.15) is 0 Å². The molecule has 6 heteroatoms. The Morgan fingerprint density at radius 2 is 1.79 bits per heavy atom. The van der Waals surface area contributed by atoms with Crippen molar-refractivity contribution in [3.8, 4) is 11.4 Å². The third-order valence-electron chi connectivity index (χ3n) is 5.08. The quantitative estimate of drug-likeness (QED) is 0.554. The topological polar surface area (TPSA) is 59.8 Å². The van der Waals surface area contributed by atoms with Crippen molar-refractivity contribution >= 4 is 17.7 Å². The summed E-state index contributed by atoms with van der Waals surface area (Å²) in [5.74, 6) is 1.14. The van der Waals surface area contributed by atoms with Gasteiger partial charge in [-0.3, -0.25) is 4.79 Å². The lowest BCUT2D eigenvalue weighted by atomic mass is 9.96. The maximum Gasteiger partial charge on any atom is 0.233 e. The largest absolute Gasteiger partial charge is 0.355 e. The summed E-state index contributed by atoms with van der Waals surface area (Å²) in [6.07, 6.45) is 0.981. The third-order valence-corrected chi connectivity index (χ3v) is 6.22. The predicted molar refractivity (Wildman–Crippen MR) is 119 cm³/mol. The highest BCUT2D eigenvalue weighted by atomic mass is 32.2. The normalized spacial score (nSPS) is 13.1. The number of nitrogens with zero attached hydrogens (tertiary/aromatic N) is 3. The van der Waals surface area contributed by atoms with Crippen molar-refractivity contribution in [2.45, 2.75) is 43.5 Å². The molecule has 0 aliphatic rings. The molecule has 0 bridgehead atoms. The summed E-state index contributed by atoms with van der Waals surface area (Å²) in [6.45, 7) is 6.75. The van der Waals surface area contributed by atoms with Crippen molar-refractivity contribution in [2.75, 3.05) is 6.54 Å². The number of amides is 1. The van der Waals surface area contributed by atoms with E-state index in [1.54, 1.807) is 0 Å². The average Bonchev–Trinajstić information content (AvgIpc) is 3.10. The molecule has 29 heavy (non-hydrogen) atoms. The Hall–Kier alpha value is -2.60. The minimum Gasteiger partial charge on any atom is -0.355 e. The van der Waals surface area contributed by atoms with Gasteiger partial charge in [0.15, 0.2) is 11.0 Å². The summed E-state index contributed by atoms with van der Waals surface area (Å²) in [7, 11) is 1.94. The first kappa shape index (κ1) is 21.1. The zero-order valence-corrected chi connectivity index (χ0v) is 18.2. The van der Waals surface area contributed by atoms with Crippen LogP contribution >= 0.6 is 11.8 Å². The second-order valence-electron chi connectivity index (χ2n) is 7.25. The van der Waals surface area contributed by atoms with E-state index in [1.807, 2.05) is 48.9 Å². The molecule has 2 unspecified atom stereocenters. The van der Waals surface area contributed by atoms with Gasteiger partial charge in [0, 0.05) is 25.1 Å². The summed E-state index contributed by atoms with van der Waals surface area (Å²) < 4.78 is 1.94. The van der Waals surface area contributed by atoms with E-state index in [0.717, 1.165) is 23.0 Å². The molecule has 1 aromatic heterocycles. The van der Waals surface area contributed by atoms with Crippen LogP contribution in [0.3, 0.4) is 0 Å². The van der Waals surface area contributed by atoms with E-state index in [4.69, 9.17) is 0 Å². The second-order valence-corrected chi connectivity index (χ2v) is 8.56. The summed E-state index contributed by atoms with van der Waals surface area (Å²) in [6, 6.07) is 18.5. The van der Waals surface area contributed by atoms with Gasteiger partial charge in [0.05, 0.1) is 5.25 Å². The van der Waals surface area contributed by atoms with Gasteiger partial charge in [0.25, 0.3) is 0 Å². The maximum atomic E-state index is 12.6. The lowest BCUT2D eigenvalue weighted by molar-refractivity contribution is -0.120. The number of rotatable bonds is 8. The van der Waals surface area contributed by atoms with Gasteiger partial charge in [-0.1, -0.05) is 78.8 Å². The van der Waals surface area contributed by atoms with Crippen molar-refractivity contribution in [2.24, 2.45) is 7.05 Å². The molecule has 3 rings (SSSR count). The van der Waals surface area contributed by atoms with Gasteiger partial charge < -0.3 is 9.88 Å². The Kier molecular flexibility index (Phi) is 7.09. The molecule has 1 N–H and O–H groups in total. The molecule has 5 nitrogen and oxygen atoms in total. The van der Waals surface area contributed by atoms with E-state index in [-0.39, 0.29) is 11.2 Å². The number of nitrogens with one attached hydrogen (secondary N) is 1. The highest BCUT2D eigenvalue weighted by Gasteiger charge is 2.20. The molecule has 0 aliphatic carbocycles. The fraction of sp³-hybridized carbons (Fsp3) is 0.348. The number of carbonyl (C=O) groups excluding carboxylic acids is 1. The van der Waals surface area contributed by atoms with Gasteiger partial charge in [-0.25, -0.2) is 0 Å². The molecule has 1 amide bonds. The summed E-state index contributed by atoms with van der Waals surface area (Å²) in [5.41, 5.74) is 3.48. The van der Waals surface area contributed by atoms with Gasteiger partial charge >= 0.3 is 0 Å². The van der Waals surface area contributed by atoms with Gasteiger partial charge in [0.1, 0.15) is 0 Å². The number of thioether (sulfide) groups is 1. The van der Waals surface area contributed by atoms with Crippen molar-refractivity contribution in [1.82, 2.24) is 20.1 Å². The predicted octanol–water partition coefficient (Wildman–Crippen LogP) is 4.58. The van der Waals surface area contributed by atoms with Crippen LogP contribution in [0.1, 0.15) is 37.3 Å². The SMILES string of the molecule is CCC(CNC(=O)C(C)Sc1nnc(-c2ccc(C)cc2)n1C)c1ccccc1. The van der Waals surface area contributed by atoms with Crippen molar-refractivity contribution in [1.29, 1.82) is 0 Å². The Labute approximate surface area is 176 Å². The van der Waals surface area contributed by atoms with Crippen LogP contribution in [0.25, 0.3) is 11.4 Å². The zero-order chi connectivity index (χ0) is 20.8. The molecule has 0 saturated carbocycles. The van der Waals surface area contributed by atoms with Crippen LogP contribution in [0, 0.1) is 6.92 Å². The number of aromatic nitrogens is 3. The lowest BCUT2D eigenvalue weighted by Crippen LogP contribution is -2.34. The van der Waals surface area contributed by atoms with E-state index < -0.39 is 0 Å². The second kappa shape index (κ2) is 9.74. The number of hydrogen-bond donors (Lipinski definition) is 1. The molecule has 0 spiro atoms. The first-order valence-electron chi connectivity index (χ1n) is 9.95. The fourth-order valence-corrected chi connectivity index (χ4v) is 4.01. The van der Waals surface area contributed by atoms with E-state index in [2.05, 4.69) is 53.6 Å². The highest BCUT2D eigenvalue weighted by Crippen LogP contribution is 2.26. The number of carbonyl (C=O) groups is 1. The van der Waals surface area contributed by atoms with Crippen LogP contribution in [-0.2, 0) is 11.8 Å². The molecule has 152 valence electrons. The molecule has 2 atom stereocenters. The Morgan fingerprint density at radius 3 is 2.45 bits per heavy atom. The van der Waals surface area contributed by atoms with Crippen molar-refractivity contribution < 1.29 is 4.79 Å². The fourth-order valence-electron chi connectivity index (χ4n) is 3.17. The average molecular weight is 409 g/mol. The zero-order valence-electron chi connectivity index (χ0n) is 17.4. The number of hydrogen-bond acceptors (Lipinski definition) is 4. The number of benzene rings is 2. The Balaban J connectivity index is 1.60. The maximum absolute atomic E-state index is 12.6. The van der Waals surface area contributed by atoms with Crippen LogP contribution in [0.4, 0.5) is 0 Å². The lowest BCUT2D eigenvalue weighted by Gasteiger charge is -2.18. The van der Waals surface area contributed by atoms with E-state index in [0.29, 0.717) is 12.5 Å². The summed E-state index contributed by atoms with van der Waals surface area (Å²) in [4.78, 5) is 12.6. The molecule has 0 saturated heterocycles. The molecular weight excluding hydrogens is 380 g/mol. The van der Waals surface area contributed by atoms with E-state index >= 15 is 0 Å². The molecule has 0 fully saturated rings.